The summed E-state index contributed by atoms with van der Waals surface area (Å²) in [7, 11) is 0. The fourth-order valence-electron chi connectivity index (χ4n) is 4.83. The topological polar surface area (TPSA) is 83.6 Å². The van der Waals surface area contributed by atoms with E-state index in [0.29, 0.717) is 12.3 Å². The minimum Gasteiger partial charge on any atom is -0.326 e. The second-order valence-corrected chi connectivity index (χ2v) is 8.95. The van der Waals surface area contributed by atoms with Gasteiger partial charge in [0.15, 0.2) is 5.65 Å². The predicted octanol–water partition coefficient (Wildman–Crippen LogP) is 4.41. The molecule has 2 heterocycles. The molecule has 1 aromatic carbocycles. The van der Waals surface area contributed by atoms with Gasteiger partial charge in [-0.1, -0.05) is 18.6 Å². The summed E-state index contributed by atoms with van der Waals surface area (Å²) in [5.74, 6) is 3.18. The number of aromatic nitrogens is 4. The molecule has 0 radical (unpaired) electrons. The maximum atomic E-state index is 12.5. The number of nitrogens with zero attached hydrogens (tertiary/aromatic N) is 3. The highest BCUT2D eigenvalue weighted by molar-refractivity contribution is 7.98. The molecule has 0 saturated heterocycles. The summed E-state index contributed by atoms with van der Waals surface area (Å²) in [6, 6.07) is 8.09. The van der Waals surface area contributed by atoms with Crippen molar-refractivity contribution in [2.45, 2.75) is 42.9 Å². The molecule has 6 nitrogen and oxygen atoms in total. The van der Waals surface area contributed by atoms with Gasteiger partial charge in [0.2, 0.25) is 5.91 Å². The lowest BCUT2D eigenvalue weighted by molar-refractivity contribution is -0.117. The molecule has 2 N–H and O–H groups in total. The first-order valence-corrected chi connectivity index (χ1v) is 10.9. The van der Waals surface area contributed by atoms with Gasteiger partial charge in [-0.15, -0.1) is 11.8 Å². The molecule has 2 bridgehead atoms. The van der Waals surface area contributed by atoms with Crippen LogP contribution in [-0.4, -0.2) is 26.1 Å². The van der Waals surface area contributed by atoms with Crippen molar-refractivity contribution in [2.75, 3.05) is 5.32 Å². The fraction of sp³-hybridized carbons (Fsp3) is 0.429. The smallest absolute Gasteiger partial charge is 0.224 e. The van der Waals surface area contributed by atoms with Crippen molar-refractivity contribution in [1.82, 2.24) is 20.2 Å². The minimum absolute atomic E-state index is 0.151. The van der Waals surface area contributed by atoms with E-state index in [1.165, 1.54) is 25.7 Å². The SMILES string of the molecule is O=C(CC1CC2CCC1C2)Nc1cccc(CSc2ncnc3[nH]ncc23)c1. The third-order valence-corrected chi connectivity index (χ3v) is 7.21. The van der Waals surface area contributed by atoms with Crippen molar-refractivity contribution >= 4 is 34.4 Å². The number of fused-ring (bicyclic) bond motifs is 3. The summed E-state index contributed by atoms with van der Waals surface area (Å²) in [5.41, 5.74) is 2.78. The molecule has 2 aliphatic carbocycles. The molecule has 3 atom stereocenters. The third-order valence-electron chi connectivity index (χ3n) is 6.13. The Hall–Kier alpha value is -2.41. The number of anilines is 1. The van der Waals surface area contributed by atoms with E-state index >= 15 is 0 Å². The lowest BCUT2D eigenvalue weighted by Gasteiger charge is -2.21. The van der Waals surface area contributed by atoms with Crippen LogP contribution in [0.3, 0.4) is 0 Å². The first-order chi connectivity index (χ1) is 13.7. The number of aromatic amines is 1. The van der Waals surface area contributed by atoms with Crippen LogP contribution in [0.4, 0.5) is 5.69 Å². The van der Waals surface area contributed by atoms with Crippen LogP contribution < -0.4 is 5.32 Å². The van der Waals surface area contributed by atoms with Crippen LogP contribution in [0, 0.1) is 17.8 Å². The summed E-state index contributed by atoms with van der Waals surface area (Å²) in [6.07, 6.45) is 9.26. The standard InChI is InChI=1S/C21H23N5OS/c27-19(9-16-7-13-4-5-15(16)6-13)25-17-3-1-2-14(8-17)11-28-21-18-10-24-26-20(18)22-12-23-21/h1-3,8,10,12-13,15-16H,4-7,9,11H2,(H,25,27)(H,22,23,24,26). The van der Waals surface area contributed by atoms with Crippen molar-refractivity contribution in [1.29, 1.82) is 0 Å². The lowest BCUT2D eigenvalue weighted by atomic mass is 9.86. The number of nitrogens with one attached hydrogen (secondary N) is 2. The molecule has 28 heavy (non-hydrogen) atoms. The zero-order valence-electron chi connectivity index (χ0n) is 15.6. The lowest BCUT2D eigenvalue weighted by Crippen LogP contribution is -2.20. The summed E-state index contributed by atoms with van der Waals surface area (Å²) >= 11 is 1.65. The number of H-pyrrole nitrogens is 1. The van der Waals surface area contributed by atoms with Crippen molar-refractivity contribution in [3.05, 3.63) is 42.4 Å². The van der Waals surface area contributed by atoms with Crippen molar-refractivity contribution in [2.24, 2.45) is 17.8 Å². The molecule has 0 spiro atoms. The van der Waals surface area contributed by atoms with Gasteiger partial charge in [-0.2, -0.15) is 5.10 Å². The molecule has 5 rings (SSSR count). The maximum absolute atomic E-state index is 12.5. The molecule has 144 valence electrons. The molecule has 0 aliphatic heterocycles. The number of carbonyl (C=O) groups excluding carboxylic acids is 1. The van der Waals surface area contributed by atoms with Crippen LogP contribution in [0.1, 0.15) is 37.7 Å². The molecular formula is C21H23N5OS. The molecule has 7 heteroatoms. The molecule has 2 saturated carbocycles. The molecule has 2 aromatic heterocycles. The van der Waals surface area contributed by atoms with Crippen LogP contribution in [0.2, 0.25) is 0 Å². The van der Waals surface area contributed by atoms with Gasteiger partial charge in [0, 0.05) is 17.9 Å². The van der Waals surface area contributed by atoms with E-state index in [1.54, 1.807) is 24.3 Å². The van der Waals surface area contributed by atoms with Gasteiger partial charge in [0.1, 0.15) is 11.4 Å². The first kappa shape index (κ1) is 17.7. The van der Waals surface area contributed by atoms with E-state index in [0.717, 1.165) is 44.9 Å². The Kier molecular flexibility index (Phi) is 4.76. The number of amides is 1. The molecule has 2 fully saturated rings. The van der Waals surface area contributed by atoms with E-state index in [-0.39, 0.29) is 5.91 Å². The Morgan fingerprint density at radius 1 is 1.25 bits per heavy atom. The highest BCUT2D eigenvalue weighted by Gasteiger charge is 2.40. The van der Waals surface area contributed by atoms with Gasteiger partial charge in [-0.25, -0.2) is 9.97 Å². The Bertz CT molecular complexity index is 1000. The van der Waals surface area contributed by atoms with Crippen LogP contribution in [-0.2, 0) is 10.5 Å². The number of carbonyl (C=O) groups is 1. The van der Waals surface area contributed by atoms with Gasteiger partial charge >= 0.3 is 0 Å². The van der Waals surface area contributed by atoms with Gasteiger partial charge in [0.25, 0.3) is 0 Å². The summed E-state index contributed by atoms with van der Waals surface area (Å²) in [6.45, 7) is 0. The molecule has 3 aromatic rings. The van der Waals surface area contributed by atoms with E-state index in [9.17, 15) is 4.79 Å². The van der Waals surface area contributed by atoms with E-state index < -0.39 is 0 Å². The van der Waals surface area contributed by atoms with E-state index in [2.05, 4.69) is 37.6 Å². The van der Waals surface area contributed by atoms with Crippen LogP contribution in [0.25, 0.3) is 11.0 Å². The average molecular weight is 394 g/mol. The summed E-state index contributed by atoms with van der Waals surface area (Å²) < 4.78 is 0. The molecule has 3 unspecified atom stereocenters. The monoisotopic (exact) mass is 393 g/mol. The molecule has 2 aliphatic rings. The number of hydrogen-bond acceptors (Lipinski definition) is 5. The summed E-state index contributed by atoms with van der Waals surface area (Å²) in [5, 5.41) is 11.8. The largest absolute Gasteiger partial charge is 0.326 e. The van der Waals surface area contributed by atoms with Gasteiger partial charge in [0.05, 0.1) is 11.6 Å². The second kappa shape index (κ2) is 7.54. The van der Waals surface area contributed by atoms with Crippen LogP contribution >= 0.6 is 11.8 Å². The van der Waals surface area contributed by atoms with Gasteiger partial charge in [-0.3, -0.25) is 9.89 Å². The minimum atomic E-state index is 0.151. The maximum Gasteiger partial charge on any atom is 0.224 e. The number of hydrogen-bond donors (Lipinski definition) is 2. The predicted molar refractivity (Wildman–Crippen MR) is 110 cm³/mol. The quantitative estimate of drug-likeness (QED) is 0.479. The van der Waals surface area contributed by atoms with Crippen LogP contribution in [0.15, 0.2) is 41.8 Å². The number of thioether (sulfide) groups is 1. The van der Waals surface area contributed by atoms with Gasteiger partial charge in [-0.05, 0) is 54.7 Å². The van der Waals surface area contributed by atoms with Crippen LogP contribution in [0.5, 0.6) is 0 Å². The number of benzene rings is 1. The Morgan fingerprint density at radius 3 is 3.07 bits per heavy atom. The molecule has 1 amide bonds. The normalized spacial score (nSPS) is 23.4. The van der Waals surface area contributed by atoms with Crippen molar-refractivity contribution in [3.8, 4) is 0 Å². The Morgan fingerprint density at radius 2 is 2.21 bits per heavy atom. The highest BCUT2D eigenvalue weighted by atomic mass is 32.2. The van der Waals surface area contributed by atoms with E-state index in [4.69, 9.17) is 0 Å². The summed E-state index contributed by atoms with van der Waals surface area (Å²) in [4.78, 5) is 21.0. The highest BCUT2D eigenvalue weighted by Crippen LogP contribution is 2.49. The average Bonchev–Trinajstić information content (AvgIpc) is 3.43. The first-order valence-electron chi connectivity index (χ1n) is 9.90. The zero-order chi connectivity index (χ0) is 18.9. The van der Waals surface area contributed by atoms with Crippen molar-refractivity contribution < 1.29 is 4.79 Å². The van der Waals surface area contributed by atoms with Crippen molar-refractivity contribution in [3.63, 3.8) is 0 Å². The number of rotatable bonds is 6. The zero-order valence-corrected chi connectivity index (χ0v) is 16.4. The molecular weight excluding hydrogens is 370 g/mol. The third kappa shape index (κ3) is 3.63. The van der Waals surface area contributed by atoms with E-state index in [1.807, 2.05) is 12.1 Å². The Labute approximate surface area is 167 Å². The van der Waals surface area contributed by atoms with Gasteiger partial charge < -0.3 is 5.32 Å². The second-order valence-electron chi connectivity index (χ2n) is 7.99. The fourth-order valence-corrected chi connectivity index (χ4v) is 5.73. The Balaban J connectivity index is 1.20.